The van der Waals surface area contributed by atoms with E-state index in [-0.39, 0.29) is 98.5 Å². The number of aryl methyl sites for hydroxylation is 6. The second-order valence-electron chi connectivity index (χ2n) is 26.4. The zero-order valence-electron chi connectivity index (χ0n) is 72.5. The molecule has 0 aliphatic heterocycles. The van der Waals surface area contributed by atoms with Gasteiger partial charge in [0.25, 0.3) is 81.5 Å². The van der Waals surface area contributed by atoms with E-state index in [4.69, 9.17) is 130 Å². The highest BCUT2D eigenvalue weighted by atomic mass is 35.7. The number of nitrogens with zero attached hydrogens (tertiary/aromatic N) is 8. The summed E-state index contributed by atoms with van der Waals surface area (Å²) in [7, 11) is 15.7. The number of carbonyl (C=O) groups excluding carboxylic acids is 3. The molecule has 0 bridgehead atoms. The summed E-state index contributed by atoms with van der Waals surface area (Å²) in [5.74, 6) is -2.50. The fraction of sp³-hybridized carbons (Fsp3) is 0.162. The minimum absolute atomic E-state index is 0.0211. The van der Waals surface area contributed by atoms with Gasteiger partial charge in [0, 0.05) is 143 Å². The van der Waals surface area contributed by atoms with E-state index in [0.29, 0.717) is 64.5 Å². The second-order valence-corrected chi connectivity index (χ2v) is 59.3. The normalized spacial score (nSPS) is 12.0. The van der Waals surface area contributed by atoms with Crippen LogP contribution < -0.4 is 0 Å². The first kappa shape index (κ1) is 122. The number of methoxy groups -OCH3 is 2. The summed E-state index contributed by atoms with van der Waals surface area (Å²) >= 11 is 14.3. The van der Waals surface area contributed by atoms with E-state index in [1.54, 1.807) is 66.9 Å². The summed E-state index contributed by atoms with van der Waals surface area (Å²) < 4.78 is 322. The van der Waals surface area contributed by atoms with Crippen molar-refractivity contribution in [2.24, 2.45) is 7.05 Å². The Bertz CT molecular complexity index is 8190. The SMILES string of the molecule is CCOC(=O)c1c(C)oc(-c2ccc(Cl)cc2)c1S(=O)(=O)Cl.COC(=O)c1c(C)oc(C)c1S(=O)(=O)Cl.COC(=O)c1cc(S(=O)(=O)Cl)oc1C.Cc1nc(-c2ccc(S(=O)(=O)Cl)s2)cs1.Cn1nc(-c2ccc(S(=O)(=O)Cl)s2)cc1C(F)(F)F.O=S(=O)(Cl)c1ccc(-c2cc(C(F)(F)F)on2)s1.O=S(=O)(Cl)c1ccc(-c2ccon2)s1.O=S(=O)(Cl)c1ccc(-c2cnco2)s1.O=S(=O)(Cl)c1ccc(-c2csnn2)s1. The van der Waals surface area contributed by atoms with Crippen LogP contribution in [0.5, 0.6) is 0 Å². The molecule has 15 aromatic heterocycles. The number of halogens is 16. The minimum atomic E-state index is -4.64. The van der Waals surface area contributed by atoms with Gasteiger partial charge in [-0.25, -0.2) is 100 Å². The maximum atomic E-state index is 12.6. The molecule has 0 aliphatic carbocycles. The molecule has 0 saturated heterocycles. The van der Waals surface area contributed by atoms with Gasteiger partial charge in [0.05, 0.1) is 67.0 Å². The Morgan fingerprint density at radius 2 is 0.890 bits per heavy atom. The Kier molecular flexibility index (Phi) is 42.1. The fourth-order valence-corrected chi connectivity index (χ4v) is 27.4. The van der Waals surface area contributed by atoms with Crippen molar-refractivity contribution in [2.75, 3.05) is 20.8 Å². The van der Waals surface area contributed by atoms with Gasteiger partial charge in [-0.1, -0.05) is 26.4 Å². The highest BCUT2D eigenvalue weighted by Crippen LogP contribution is 2.43. The summed E-state index contributed by atoms with van der Waals surface area (Å²) in [6, 6.07) is 28.1. The van der Waals surface area contributed by atoms with Gasteiger partial charge in [0.2, 0.25) is 10.9 Å². The maximum absolute atomic E-state index is 12.6. The molecule has 784 valence electrons. The number of hydrogen-bond acceptors (Lipinski definition) is 45. The number of ether oxygens (including phenoxy) is 3. The molecule has 0 N–H and O–H groups in total. The topological polar surface area (TPSA) is 560 Å². The Balaban J connectivity index is 0.000000200. The molecule has 0 amide bonds. The zero-order valence-corrected chi connectivity index (χ0v) is 93.9. The minimum Gasteiger partial charge on any atom is -0.465 e. The van der Waals surface area contributed by atoms with E-state index in [2.05, 4.69) is 53.5 Å². The molecule has 71 heteroatoms. The van der Waals surface area contributed by atoms with Gasteiger partial charge in [-0.3, -0.25) is 4.68 Å². The predicted molar refractivity (Wildman–Crippen MR) is 531 cm³/mol. The van der Waals surface area contributed by atoms with Crippen LogP contribution in [-0.2, 0) is 115 Å². The van der Waals surface area contributed by atoms with Crippen LogP contribution in [0.15, 0.2) is 218 Å². The molecule has 1 aromatic carbocycles. The summed E-state index contributed by atoms with van der Waals surface area (Å²) in [6.45, 7) is 9.40. The second kappa shape index (κ2) is 50.1. The van der Waals surface area contributed by atoms with Crippen molar-refractivity contribution < 1.29 is 157 Å². The fourth-order valence-electron chi connectivity index (χ4n) is 10.5. The number of alkyl halides is 6. The number of oxazole rings is 1. The zero-order chi connectivity index (χ0) is 109. The summed E-state index contributed by atoms with van der Waals surface area (Å²) in [5, 5.41) is 19.1. The van der Waals surface area contributed by atoms with E-state index >= 15 is 0 Å². The van der Waals surface area contributed by atoms with Crippen LogP contribution >= 0.6 is 199 Å². The van der Waals surface area contributed by atoms with Crippen LogP contribution in [0.1, 0.15) is 77.5 Å². The van der Waals surface area contributed by atoms with E-state index in [1.807, 2.05) is 12.3 Å². The smallest absolute Gasteiger partial charge is 0.452 e. The highest BCUT2D eigenvalue weighted by molar-refractivity contribution is 8.17. The van der Waals surface area contributed by atoms with Crippen molar-refractivity contribution in [3.05, 3.63) is 212 Å². The molecule has 0 atom stereocenters. The third kappa shape index (κ3) is 34.9. The lowest BCUT2D eigenvalue weighted by molar-refractivity contribution is -0.155. The van der Waals surface area contributed by atoms with Crippen LogP contribution in [-0.4, -0.2) is 154 Å². The molecule has 0 fully saturated rings. The first-order chi connectivity index (χ1) is 66.8. The average Bonchev–Trinajstić information content (AvgIpc) is 1.60. The number of thiazole rings is 1. The third-order valence-corrected chi connectivity index (χ3v) is 41.1. The van der Waals surface area contributed by atoms with E-state index < -0.39 is 133 Å². The molecule has 38 nitrogen and oxygen atoms in total. The summed E-state index contributed by atoms with van der Waals surface area (Å²) in [5.41, 5.74) is 1.25. The van der Waals surface area contributed by atoms with Gasteiger partial charge in [-0.2, -0.15) is 31.4 Å². The molecule has 0 aliphatic rings. The number of thiophene rings is 6. The van der Waals surface area contributed by atoms with Crippen molar-refractivity contribution in [2.45, 2.75) is 94.0 Å². The lowest BCUT2D eigenvalue weighted by Gasteiger charge is -2.04. The van der Waals surface area contributed by atoms with Gasteiger partial charge >= 0.3 is 30.3 Å². The summed E-state index contributed by atoms with van der Waals surface area (Å²) in [6.07, 6.45) is -4.94. The van der Waals surface area contributed by atoms with Gasteiger partial charge < -0.3 is 40.9 Å². The van der Waals surface area contributed by atoms with Crippen LogP contribution in [0, 0.1) is 34.6 Å². The van der Waals surface area contributed by atoms with Gasteiger partial charge in [0.15, 0.2) is 17.9 Å². The van der Waals surface area contributed by atoms with Crippen LogP contribution in [0.2, 0.25) is 5.02 Å². The number of rotatable bonds is 20. The number of furan rings is 3. The maximum Gasteiger partial charge on any atom is 0.452 e. The van der Waals surface area contributed by atoms with Crippen molar-refractivity contribution in [1.29, 1.82) is 0 Å². The summed E-state index contributed by atoms with van der Waals surface area (Å²) in [4.78, 5) is 45.1. The molecule has 0 unspecified atom stereocenters. The van der Waals surface area contributed by atoms with Gasteiger partial charge in [-0.05, 0) is 156 Å². The third-order valence-electron chi connectivity index (χ3n) is 16.5. The molecular weight excluding hydrogens is 2490 g/mol. The molecule has 16 aromatic rings. The first-order valence-electron chi connectivity index (χ1n) is 37.0. The predicted octanol–water partition coefficient (Wildman–Crippen LogP) is 23.3. The van der Waals surface area contributed by atoms with Crippen molar-refractivity contribution in [3.8, 4) is 74.8 Å². The van der Waals surface area contributed by atoms with Crippen LogP contribution in [0.25, 0.3) is 74.8 Å². The van der Waals surface area contributed by atoms with Crippen LogP contribution in [0.3, 0.4) is 0 Å². The molecule has 0 spiro atoms. The number of carbonyl (C=O) groups is 3. The lowest BCUT2D eigenvalue weighted by Crippen LogP contribution is -2.11. The Labute approximate surface area is 894 Å². The highest BCUT2D eigenvalue weighted by Gasteiger charge is 2.39. The number of esters is 3. The molecule has 0 radical (unpaired) electrons. The van der Waals surface area contributed by atoms with E-state index in [9.17, 15) is 116 Å². The Hall–Kier alpha value is -8.27. The monoisotopic (exact) mass is 2540 g/mol. The molecule has 145 heavy (non-hydrogen) atoms. The van der Waals surface area contributed by atoms with E-state index in [1.165, 1.54) is 132 Å². The molecule has 15 heterocycles. The molecule has 16 rings (SSSR count). The Morgan fingerprint density at radius 3 is 1.26 bits per heavy atom. The quantitative estimate of drug-likeness (QED) is 0.0296. The van der Waals surface area contributed by atoms with E-state index in [0.717, 1.165) is 96.4 Å². The molecule has 0 saturated carbocycles. The van der Waals surface area contributed by atoms with Crippen molar-refractivity contribution in [3.63, 3.8) is 0 Å². The number of aromatic nitrogens is 8. The van der Waals surface area contributed by atoms with Crippen molar-refractivity contribution in [1.82, 2.24) is 39.6 Å². The number of hydrogen-bond donors (Lipinski definition) is 0. The first-order valence-corrected chi connectivity index (χ1v) is 64.8. The van der Waals surface area contributed by atoms with Crippen molar-refractivity contribution >= 4 is 298 Å². The molecular formula is C74H54Cl10F6N8O30S17. The average molecular weight is 2550 g/mol. The van der Waals surface area contributed by atoms with Gasteiger partial charge in [0.1, 0.15) is 110 Å². The van der Waals surface area contributed by atoms with Crippen LogP contribution in [0.4, 0.5) is 26.3 Å². The standard InChI is InChI=1S/C14H12Cl2O5S.C9H6ClF3N2O2S2.C8H3ClF3NO3S2.C8H6ClNO2S3.C8H9ClO5S.2C7H4ClNO3S2.C7H7ClO5S.C6H3ClN2O2S3/c1-3-20-14(17)11-8(2)21-12(13(11)22(16,18)19)9-4-6-10(15)7-5-9;1-15-7(9(11,12)13)4-5(14-15)6-2-3-8(18-6)19(10,16)17;9-18(14,15)7-2-1-5(17-7)4-3-6(16-13-4)8(10,11)12;1-5-10-6(4-13-5)7-2-3-8(14-7)15(9,11)12;1-4-6(8(10)13-3)7(5(2)14-4)15(9,11)12;8-14(10,11)7-2-1-6(13-7)5-3-9-4-12-5;8-14(10,11)7-2-1-6(13-7)5-3-4-12-9-5;1-4-5(7(9)12-2)3-6(13-4)14(8,10)11;7-14(10,11)6-2-1-5(13-6)4-3-12-9-8-4/h4-7H,3H2,1-2H3;2-4H,1H3;1-3H;2-4H,1H3;1-3H3;2*1-4H;3H,1-2H3;1-3H. The Morgan fingerprint density at radius 1 is 0.448 bits per heavy atom. The number of benzene rings is 1. The van der Waals surface area contributed by atoms with Gasteiger partial charge in [-0.15, -0.1) is 84.5 Å². The lowest BCUT2D eigenvalue weighted by atomic mass is 10.1. The largest absolute Gasteiger partial charge is 0.465 e.